The number of rotatable bonds is 2. The number of pyridine rings is 1. The molecule has 0 aliphatic carbocycles. The van der Waals surface area contributed by atoms with Gasteiger partial charge >= 0.3 is 0 Å². The Hall–Kier alpha value is -1.79. The molecule has 0 aliphatic heterocycles. The van der Waals surface area contributed by atoms with Crippen LogP contribution in [0.5, 0.6) is 0 Å². The van der Waals surface area contributed by atoms with Crippen molar-refractivity contribution >= 4 is 11.8 Å². The molecule has 0 aliphatic rings. The molecule has 0 N–H and O–H groups in total. The van der Waals surface area contributed by atoms with Crippen LogP contribution in [-0.4, -0.2) is 4.98 Å². The number of nitriles is 1. The summed E-state index contributed by atoms with van der Waals surface area (Å²) in [5.74, 6) is 0. The standard InChI is InChI=1S/C13H10N2S/c1-10-4-2-3-5-12(10)16-13-9-15-7-6-11(13)8-14/h2-7,9H,1H3. The normalized spacial score (nSPS) is 9.75. The highest BCUT2D eigenvalue weighted by molar-refractivity contribution is 7.99. The minimum Gasteiger partial charge on any atom is -0.263 e. The zero-order chi connectivity index (χ0) is 11.4. The van der Waals surface area contributed by atoms with E-state index in [1.807, 2.05) is 18.2 Å². The van der Waals surface area contributed by atoms with E-state index < -0.39 is 0 Å². The molecule has 2 aromatic rings. The topological polar surface area (TPSA) is 36.7 Å². The Kier molecular flexibility index (Phi) is 3.23. The second-order valence-electron chi connectivity index (χ2n) is 3.35. The highest BCUT2D eigenvalue weighted by Crippen LogP contribution is 2.31. The molecule has 16 heavy (non-hydrogen) atoms. The molecule has 0 unspecified atom stereocenters. The lowest BCUT2D eigenvalue weighted by Crippen LogP contribution is -1.84. The van der Waals surface area contributed by atoms with Gasteiger partial charge in [-0.3, -0.25) is 4.98 Å². The number of benzene rings is 1. The first-order valence-electron chi connectivity index (χ1n) is 4.89. The fraction of sp³-hybridized carbons (Fsp3) is 0.0769. The Bertz CT molecular complexity index is 544. The van der Waals surface area contributed by atoms with Crippen molar-refractivity contribution in [3.05, 3.63) is 53.9 Å². The fourth-order valence-electron chi connectivity index (χ4n) is 1.34. The Morgan fingerprint density at radius 1 is 1.19 bits per heavy atom. The van der Waals surface area contributed by atoms with Gasteiger partial charge in [-0.2, -0.15) is 5.26 Å². The highest BCUT2D eigenvalue weighted by Gasteiger charge is 2.05. The summed E-state index contributed by atoms with van der Waals surface area (Å²) >= 11 is 1.58. The van der Waals surface area contributed by atoms with Crippen molar-refractivity contribution in [3.8, 4) is 6.07 Å². The third kappa shape index (κ3) is 2.23. The van der Waals surface area contributed by atoms with E-state index in [9.17, 15) is 0 Å². The molecule has 2 rings (SSSR count). The number of nitrogens with zero attached hydrogens (tertiary/aromatic N) is 2. The van der Waals surface area contributed by atoms with Crippen molar-refractivity contribution < 1.29 is 0 Å². The summed E-state index contributed by atoms with van der Waals surface area (Å²) in [5.41, 5.74) is 1.88. The highest BCUT2D eigenvalue weighted by atomic mass is 32.2. The van der Waals surface area contributed by atoms with Gasteiger partial charge in [0.1, 0.15) is 6.07 Å². The molecule has 0 radical (unpaired) electrons. The Labute approximate surface area is 99.0 Å². The van der Waals surface area contributed by atoms with Crippen molar-refractivity contribution in [2.24, 2.45) is 0 Å². The minimum absolute atomic E-state index is 0.670. The summed E-state index contributed by atoms with van der Waals surface area (Å²) in [7, 11) is 0. The smallest absolute Gasteiger partial charge is 0.100 e. The summed E-state index contributed by atoms with van der Waals surface area (Å²) in [6, 6.07) is 12.0. The van der Waals surface area contributed by atoms with Crippen molar-refractivity contribution in [3.63, 3.8) is 0 Å². The molecule has 0 saturated carbocycles. The van der Waals surface area contributed by atoms with Gasteiger partial charge in [-0.15, -0.1) is 0 Å². The predicted molar refractivity (Wildman–Crippen MR) is 64.3 cm³/mol. The molecular weight excluding hydrogens is 216 g/mol. The van der Waals surface area contributed by atoms with E-state index in [-0.39, 0.29) is 0 Å². The second kappa shape index (κ2) is 4.82. The average Bonchev–Trinajstić information content (AvgIpc) is 2.33. The predicted octanol–water partition coefficient (Wildman–Crippen LogP) is 3.41. The number of hydrogen-bond acceptors (Lipinski definition) is 3. The molecule has 0 saturated heterocycles. The molecule has 78 valence electrons. The molecule has 1 aromatic carbocycles. The Balaban J connectivity index is 2.35. The molecule has 0 atom stereocenters. The van der Waals surface area contributed by atoms with Gasteiger partial charge in [0.05, 0.1) is 5.56 Å². The maximum atomic E-state index is 8.97. The van der Waals surface area contributed by atoms with Crippen LogP contribution in [0, 0.1) is 18.3 Å². The summed E-state index contributed by atoms with van der Waals surface area (Å²) in [5, 5.41) is 8.97. The van der Waals surface area contributed by atoms with Crippen molar-refractivity contribution in [1.29, 1.82) is 5.26 Å². The largest absolute Gasteiger partial charge is 0.263 e. The van der Waals surface area contributed by atoms with Gasteiger partial charge in [-0.1, -0.05) is 30.0 Å². The van der Waals surface area contributed by atoms with Gasteiger partial charge in [-0.05, 0) is 24.6 Å². The lowest BCUT2D eigenvalue weighted by atomic mass is 10.2. The molecule has 1 heterocycles. The zero-order valence-corrected chi connectivity index (χ0v) is 9.66. The summed E-state index contributed by atoms with van der Waals surface area (Å²) in [6.45, 7) is 2.06. The first kappa shape index (κ1) is 10.7. The van der Waals surface area contributed by atoms with Crippen LogP contribution in [-0.2, 0) is 0 Å². The van der Waals surface area contributed by atoms with Crippen molar-refractivity contribution in [2.75, 3.05) is 0 Å². The Morgan fingerprint density at radius 2 is 2.00 bits per heavy atom. The zero-order valence-electron chi connectivity index (χ0n) is 8.84. The molecule has 0 fully saturated rings. The number of hydrogen-bond donors (Lipinski definition) is 0. The van der Waals surface area contributed by atoms with Crippen LogP contribution < -0.4 is 0 Å². The summed E-state index contributed by atoms with van der Waals surface area (Å²) < 4.78 is 0. The van der Waals surface area contributed by atoms with Gasteiger partial charge in [-0.25, -0.2) is 0 Å². The number of aromatic nitrogens is 1. The molecular formula is C13H10N2S. The van der Waals surface area contributed by atoms with Crippen molar-refractivity contribution in [2.45, 2.75) is 16.7 Å². The third-order valence-corrected chi connectivity index (χ3v) is 3.44. The minimum atomic E-state index is 0.670. The van der Waals surface area contributed by atoms with E-state index in [2.05, 4.69) is 24.0 Å². The third-order valence-electron chi connectivity index (χ3n) is 2.22. The van der Waals surface area contributed by atoms with E-state index in [0.29, 0.717) is 5.56 Å². The molecule has 2 nitrogen and oxygen atoms in total. The second-order valence-corrected chi connectivity index (χ2v) is 4.43. The first-order valence-corrected chi connectivity index (χ1v) is 5.70. The lowest BCUT2D eigenvalue weighted by molar-refractivity contribution is 1.20. The average molecular weight is 226 g/mol. The maximum Gasteiger partial charge on any atom is 0.100 e. The van der Waals surface area contributed by atoms with E-state index >= 15 is 0 Å². The van der Waals surface area contributed by atoms with Crippen LogP contribution in [0.25, 0.3) is 0 Å². The Morgan fingerprint density at radius 3 is 2.75 bits per heavy atom. The van der Waals surface area contributed by atoms with Gasteiger partial charge in [0, 0.05) is 22.2 Å². The molecule has 0 spiro atoms. The molecule has 3 heteroatoms. The van der Waals surface area contributed by atoms with Crippen LogP contribution in [0.3, 0.4) is 0 Å². The molecule has 1 aromatic heterocycles. The van der Waals surface area contributed by atoms with E-state index in [1.54, 1.807) is 30.2 Å². The quantitative estimate of drug-likeness (QED) is 0.787. The lowest BCUT2D eigenvalue weighted by Gasteiger charge is -2.05. The van der Waals surface area contributed by atoms with Gasteiger partial charge in [0.2, 0.25) is 0 Å². The van der Waals surface area contributed by atoms with Gasteiger partial charge in [0.15, 0.2) is 0 Å². The fourth-order valence-corrected chi connectivity index (χ4v) is 2.29. The number of aryl methyl sites for hydroxylation is 1. The molecule has 0 amide bonds. The summed E-state index contributed by atoms with van der Waals surface area (Å²) in [6.07, 6.45) is 3.37. The van der Waals surface area contributed by atoms with E-state index in [1.165, 1.54) is 5.56 Å². The van der Waals surface area contributed by atoms with Crippen LogP contribution in [0.15, 0.2) is 52.5 Å². The van der Waals surface area contributed by atoms with Crippen LogP contribution in [0.1, 0.15) is 11.1 Å². The summed E-state index contributed by atoms with van der Waals surface area (Å²) in [4.78, 5) is 6.11. The van der Waals surface area contributed by atoms with Crippen LogP contribution in [0.4, 0.5) is 0 Å². The van der Waals surface area contributed by atoms with E-state index in [4.69, 9.17) is 5.26 Å². The van der Waals surface area contributed by atoms with E-state index in [0.717, 1.165) is 9.79 Å². The van der Waals surface area contributed by atoms with Crippen LogP contribution in [0.2, 0.25) is 0 Å². The molecule has 0 bridgehead atoms. The maximum absolute atomic E-state index is 8.97. The van der Waals surface area contributed by atoms with Crippen molar-refractivity contribution in [1.82, 2.24) is 4.98 Å². The monoisotopic (exact) mass is 226 g/mol. The van der Waals surface area contributed by atoms with Gasteiger partial charge < -0.3 is 0 Å². The first-order chi connectivity index (χ1) is 7.81. The van der Waals surface area contributed by atoms with Gasteiger partial charge in [0.25, 0.3) is 0 Å². The SMILES string of the molecule is Cc1ccccc1Sc1cnccc1C#N. The van der Waals surface area contributed by atoms with Crippen LogP contribution >= 0.6 is 11.8 Å².